The number of unbranched alkanes of at least 4 members (excludes halogenated alkanes) is 1. The summed E-state index contributed by atoms with van der Waals surface area (Å²) in [5, 5.41) is 3.45. The Kier molecular flexibility index (Phi) is 10.8. The Morgan fingerprint density at radius 1 is 0.952 bits per heavy atom. The van der Waals surface area contributed by atoms with Gasteiger partial charge < -0.3 is 19.5 Å². The molecule has 4 heteroatoms. The fraction of sp³-hybridized carbons (Fsp3) is 0.647. The number of hydrogen-bond acceptors (Lipinski definition) is 4. The third-order valence-electron chi connectivity index (χ3n) is 3.05. The van der Waals surface area contributed by atoms with Gasteiger partial charge in [0.2, 0.25) is 0 Å². The number of ether oxygens (including phenoxy) is 3. The average Bonchev–Trinajstić information content (AvgIpc) is 2.52. The van der Waals surface area contributed by atoms with Gasteiger partial charge in [0.1, 0.15) is 5.75 Å². The first-order chi connectivity index (χ1) is 10.4. The monoisotopic (exact) mass is 295 g/mol. The maximum absolute atomic E-state index is 5.56. The molecule has 0 atom stereocenters. The van der Waals surface area contributed by atoms with Gasteiger partial charge in [-0.25, -0.2) is 0 Å². The summed E-state index contributed by atoms with van der Waals surface area (Å²) in [5.41, 5.74) is 1.29. The number of rotatable bonds is 13. The summed E-state index contributed by atoms with van der Waals surface area (Å²) in [4.78, 5) is 0. The first-order valence-corrected chi connectivity index (χ1v) is 7.86. The van der Waals surface area contributed by atoms with Crippen molar-refractivity contribution in [2.75, 3.05) is 40.1 Å². The van der Waals surface area contributed by atoms with Gasteiger partial charge in [-0.05, 0) is 43.5 Å². The van der Waals surface area contributed by atoms with E-state index in [9.17, 15) is 0 Å². The molecular formula is C17H29NO3. The van der Waals surface area contributed by atoms with Crippen molar-refractivity contribution in [3.63, 3.8) is 0 Å². The van der Waals surface area contributed by atoms with E-state index in [1.807, 2.05) is 12.1 Å². The van der Waals surface area contributed by atoms with Crippen molar-refractivity contribution < 1.29 is 14.2 Å². The highest BCUT2D eigenvalue weighted by Gasteiger charge is 1.96. The Balaban J connectivity index is 1.99. The second-order valence-electron chi connectivity index (χ2n) is 4.98. The van der Waals surface area contributed by atoms with Crippen LogP contribution >= 0.6 is 0 Å². The standard InChI is InChI=1S/C17H29NO3/c1-3-11-21-17-8-6-16(7-9-17)15-18-10-4-5-12-20-14-13-19-2/h6-9,18H,3-5,10-15H2,1-2H3. The molecule has 0 saturated heterocycles. The zero-order valence-electron chi connectivity index (χ0n) is 13.4. The molecule has 0 aliphatic heterocycles. The fourth-order valence-corrected chi connectivity index (χ4v) is 1.85. The van der Waals surface area contributed by atoms with Gasteiger partial charge in [0.25, 0.3) is 0 Å². The molecule has 1 rings (SSSR count). The molecule has 120 valence electrons. The predicted molar refractivity (Wildman–Crippen MR) is 85.9 cm³/mol. The van der Waals surface area contributed by atoms with Crippen molar-refractivity contribution >= 4 is 0 Å². The molecule has 0 aliphatic rings. The summed E-state index contributed by atoms with van der Waals surface area (Å²) in [6, 6.07) is 8.31. The van der Waals surface area contributed by atoms with Crippen molar-refractivity contribution in [1.82, 2.24) is 5.32 Å². The lowest BCUT2D eigenvalue weighted by Crippen LogP contribution is -2.15. The van der Waals surface area contributed by atoms with Crippen molar-refractivity contribution in [3.05, 3.63) is 29.8 Å². The van der Waals surface area contributed by atoms with Crippen molar-refractivity contribution in [2.45, 2.75) is 32.7 Å². The molecular weight excluding hydrogens is 266 g/mol. The minimum Gasteiger partial charge on any atom is -0.494 e. The molecule has 0 aromatic heterocycles. The Bertz CT molecular complexity index is 340. The van der Waals surface area contributed by atoms with E-state index in [1.54, 1.807) is 7.11 Å². The highest BCUT2D eigenvalue weighted by atomic mass is 16.5. The maximum atomic E-state index is 5.56. The molecule has 0 fully saturated rings. The summed E-state index contributed by atoms with van der Waals surface area (Å²) in [7, 11) is 1.69. The third-order valence-corrected chi connectivity index (χ3v) is 3.05. The molecule has 1 aromatic carbocycles. The lowest BCUT2D eigenvalue weighted by molar-refractivity contribution is 0.0688. The topological polar surface area (TPSA) is 39.7 Å². The molecule has 0 unspecified atom stereocenters. The van der Waals surface area contributed by atoms with Gasteiger partial charge in [0.05, 0.1) is 19.8 Å². The van der Waals surface area contributed by atoms with Crippen LogP contribution in [-0.2, 0) is 16.0 Å². The van der Waals surface area contributed by atoms with Crippen molar-refractivity contribution in [3.8, 4) is 5.75 Å². The van der Waals surface area contributed by atoms with Crippen LogP contribution in [0.5, 0.6) is 5.75 Å². The molecule has 0 amide bonds. The predicted octanol–water partition coefficient (Wildman–Crippen LogP) is 3.01. The highest BCUT2D eigenvalue weighted by Crippen LogP contribution is 2.12. The van der Waals surface area contributed by atoms with Crippen LogP contribution in [0, 0.1) is 0 Å². The van der Waals surface area contributed by atoms with Crippen LogP contribution in [0.3, 0.4) is 0 Å². The third kappa shape index (κ3) is 9.45. The van der Waals surface area contributed by atoms with Crippen LogP contribution in [0.1, 0.15) is 31.7 Å². The smallest absolute Gasteiger partial charge is 0.119 e. The molecule has 0 saturated carbocycles. The van der Waals surface area contributed by atoms with Crippen LogP contribution < -0.4 is 10.1 Å². The number of nitrogens with one attached hydrogen (secondary N) is 1. The van der Waals surface area contributed by atoms with Crippen LogP contribution in [0.2, 0.25) is 0 Å². The SMILES string of the molecule is CCCOc1ccc(CNCCCCOCCOC)cc1. The lowest BCUT2D eigenvalue weighted by atomic mass is 10.2. The second kappa shape index (κ2) is 12.6. The Morgan fingerprint density at radius 3 is 2.48 bits per heavy atom. The molecule has 0 bridgehead atoms. The molecule has 0 radical (unpaired) electrons. The van der Waals surface area contributed by atoms with E-state index in [2.05, 4.69) is 24.4 Å². The molecule has 21 heavy (non-hydrogen) atoms. The van der Waals surface area contributed by atoms with Gasteiger partial charge >= 0.3 is 0 Å². The average molecular weight is 295 g/mol. The zero-order chi connectivity index (χ0) is 15.2. The van der Waals surface area contributed by atoms with E-state index in [0.29, 0.717) is 13.2 Å². The largest absolute Gasteiger partial charge is 0.494 e. The van der Waals surface area contributed by atoms with Gasteiger partial charge in [0, 0.05) is 20.3 Å². The number of benzene rings is 1. The quantitative estimate of drug-likeness (QED) is 0.568. The maximum Gasteiger partial charge on any atom is 0.119 e. The molecule has 0 spiro atoms. The summed E-state index contributed by atoms with van der Waals surface area (Å²) in [6.45, 7) is 6.99. The first kappa shape index (κ1) is 18.0. The summed E-state index contributed by atoms with van der Waals surface area (Å²) < 4.78 is 15.9. The Morgan fingerprint density at radius 2 is 1.76 bits per heavy atom. The number of methoxy groups -OCH3 is 1. The molecule has 0 aliphatic carbocycles. The van der Waals surface area contributed by atoms with Gasteiger partial charge in [-0.15, -0.1) is 0 Å². The van der Waals surface area contributed by atoms with Crippen LogP contribution in [0.15, 0.2) is 24.3 Å². The zero-order valence-corrected chi connectivity index (χ0v) is 13.4. The van der Waals surface area contributed by atoms with Crippen LogP contribution in [-0.4, -0.2) is 40.1 Å². The van der Waals surface area contributed by atoms with Crippen LogP contribution in [0.25, 0.3) is 0 Å². The van der Waals surface area contributed by atoms with Crippen molar-refractivity contribution in [1.29, 1.82) is 0 Å². The Hall–Kier alpha value is -1.10. The van der Waals surface area contributed by atoms with Gasteiger partial charge in [0.15, 0.2) is 0 Å². The van der Waals surface area contributed by atoms with Crippen LogP contribution in [0.4, 0.5) is 0 Å². The van der Waals surface area contributed by atoms with E-state index in [-0.39, 0.29) is 0 Å². The van der Waals surface area contributed by atoms with Gasteiger partial charge in [-0.1, -0.05) is 19.1 Å². The number of hydrogen-bond donors (Lipinski definition) is 1. The molecule has 1 N–H and O–H groups in total. The van der Waals surface area contributed by atoms with Gasteiger partial charge in [-0.2, -0.15) is 0 Å². The second-order valence-corrected chi connectivity index (χ2v) is 4.98. The summed E-state index contributed by atoms with van der Waals surface area (Å²) in [6.07, 6.45) is 3.25. The van der Waals surface area contributed by atoms with E-state index >= 15 is 0 Å². The Labute approximate surface area is 128 Å². The minimum atomic E-state index is 0.677. The molecule has 0 heterocycles. The first-order valence-electron chi connectivity index (χ1n) is 7.86. The van der Waals surface area contributed by atoms with Crippen molar-refractivity contribution in [2.24, 2.45) is 0 Å². The molecule has 1 aromatic rings. The fourth-order valence-electron chi connectivity index (χ4n) is 1.85. The van der Waals surface area contributed by atoms with E-state index < -0.39 is 0 Å². The summed E-state index contributed by atoms with van der Waals surface area (Å²) in [5.74, 6) is 0.953. The van der Waals surface area contributed by atoms with Gasteiger partial charge in [-0.3, -0.25) is 0 Å². The lowest BCUT2D eigenvalue weighted by Gasteiger charge is -2.07. The molecule has 4 nitrogen and oxygen atoms in total. The summed E-state index contributed by atoms with van der Waals surface area (Å²) >= 11 is 0. The normalized spacial score (nSPS) is 10.8. The minimum absolute atomic E-state index is 0.677. The van der Waals surface area contributed by atoms with E-state index in [0.717, 1.165) is 51.3 Å². The van der Waals surface area contributed by atoms with E-state index in [4.69, 9.17) is 14.2 Å². The highest BCUT2D eigenvalue weighted by molar-refractivity contribution is 5.27. The van der Waals surface area contributed by atoms with E-state index in [1.165, 1.54) is 5.56 Å².